The number of aliphatic hydroxyl groups is 1. The Labute approximate surface area is 185 Å². The molecule has 172 valence electrons. The van der Waals surface area contributed by atoms with Gasteiger partial charge in [-0.2, -0.15) is 0 Å². The largest absolute Gasteiger partial charge is 0.463 e. The van der Waals surface area contributed by atoms with E-state index in [1.54, 1.807) is 19.3 Å². The van der Waals surface area contributed by atoms with Crippen molar-refractivity contribution in [2.75, 3.05) is 11.5 Å². The zero-order valence-corrected chi connectivity index (χ0v) is 19.6. The van der Waals surface area contributed by atoms with E-state index in [2.05, 4.69) is 26.1 Å². The summed E-state index contributed by atoms with van der Waals surface area (Å²) >= 11 is 0. The summed E-state index contributed by atoms with van der Waals surface area (Å²) in [4.78, 5) is 25.3. The Bertz CT molecular complexity index is 1410. The van der Waals surface area contributed by atoms with Gasteiger partial charge in [-0.3, -0.25) is 4.79 Å². The zero-order valence-electron chi connectivity index (χ0n) is 18.7. The van der Waals surface area contributed by atoms with E-state index in [9.17, 15) is 23.1 Å². The van der Waals surface area contributed by atoms with Crippen LogP contribution in [-0.2, 0) is 26.5 Å². The first-order valence-corrected chi connectivity index (χ1v) is 12.3. The van der Waals surface area contributed by atoms with Crippen LogP contribution in [0.3, 0.4) is 0 Å². The number of fused-ring (bicyclic) bond motifs is 3. The maximum absolute atomic E-state index is 12.7. The topological polar surface area (TPSA) is 127 Å². The lowest BCUT2D eigenvalue weighted by Gasteiger charge is -2.18. The molecule has 0 aliphatic carbocycles. The summed E-state index contributed by atoms with van der Waals surface area (Å²) in [5.74, 6) is -1.27. The molecule has 1 fully saturated rings. The summed E-state index contributed by atoms with van der Waals surface area (Å²) < 4.78 is 34.8. The van der Waals surface area contributed by atoms with Crippen LogP contribution in [0.2, 0.25) is 0 Å². The smallest absolute Gasteiger partial charge is 0.340 e. The van der Waals surface area contributed by atoms with Crippen LogP contribution in [0.15, 0.2) is 26.0 Å². The lowest BCUT2D eigenvalue weighted by molar-refractivity contribution is -0.121. The number of sulfone groups is 1. The van der Waals surface area contributed by atoms with Crippen LogP contribution in [0.5, 0.6) is 0 Å². The van der Waals surface area contributed by atoms with Crippen molar-refractivity contribution in [3.05, 3.63) is 45.0 Å². The molecule has 0 unspecified atom stereocenters. The highest BCUT2D eigenvalue weighted by Gasteiger charge is 2.37. The van der Waals surface area contributed by atoms with Crippen LogP contribution in [0.25, 0.3) is 21.9 Å². The molecule has 32 heavy (non-hydrogen) atoms. The third-order valence-electron chi connectivity index (χ3n) is 6.10. The number of carbonyl (C=O) groups excluding carboxylic acids is 1. The molecule has 0 saturated carbocycles. The maximum atomic E-state index is 12.7. The number of hydrogen-bond donors (Lipinski definition) is 2. The van der Waals surface area contributed by atoms with E-state index >= 15 is 0 Å². The van der Waals surface area contributed by atoms with E-state index in [1.165, 1.54) is 0 Å². The van der Waals surface area contributed by atoms with Gasteiger partial charge in [-0.1, -0.05) is 20.8 Å². The van der Waals surface area contributed by atoms with Crippen LogP contribution < -0.4 is 10.9 Å². The number of aryl methyl sites for hydroxylation is 2. The average Bonchev–Trinajstić information content (AvgIpc) is 3.19. The predicted octanol–water partition coefficient (Wildman–Crippen LogP) is 2.27. The third kappa shape index (κ3) is 3.84. The molecule has 1 aromatic carbocycles. The molecule has 1 aliphatic rings. The Morgan fingerprint density at radius 1 is 1.22 bits per heavy atom. The Balaban J connectivity index is 1.77. The maximum Gasteiger partial charge on any atom is 0.340 e. The second-order valence-corrected chi connectivity index (χ2v) is 11.8. The van der Waals surface area contributed by atoms with Crippen molar-refractivity contribution in [1.82, 2.24) is 5.32 Å². The number of nitrogens with one attached hydrogen (secondary N) is 1. The SMILES string of the molecule is Cc1cc2oc(=O)c(CC(=O)N[C@H]3CS(=O)(=O)C[C@H]3O)c(C)c2c2occ(C(C)(C)C)c12. The molecule has 1 saturated heterocycles. The van der Waals surface area contributed by atoms with Crippen molar-refractivity contribution < 1.29 is 27.2 Å². The molecule has 2 atom stereocenters. The van der Waals surface area contributed by atoms with Crippen molar-refractivity contribution in [2.24, 2.45) is 0 Å². The summed E-state index contributed by atoms with van der Waals surface area (Å²) in [5, 5.41) is 14.0. The number of benzene rings is 1. The normalized spacial score (nSPS) is 20.8. The fourth-order valence-corrected chi connectivity index (χ4v) is 6.17. The van der Waals surface area contributed by atoms with Crippen molar-refractivity contribution in [1.29, 1.82) is 0 Å². The van der Waals surface area contributed by atoms with Crippen molar-refractivity contribution in [2.45, 2.75) is 58.6 Å². The number of amides is 1. The number of hydrogen-bond acceptors (Lipinski definition) is 7. The summed E-state index contributed by atoms with van der Waals surface area (Å²) in [6.45, 7) is 9.94. The minimum absolute atomic E-state index is 0.154. The first-order valence-electron chi connectivity index (χ1n) is 10.4. The fraction of sp³-hybridized carbons (Fsp3) is 0.478. The molecular weight excluding hydrogens is 434 g/mol. The number of aliphatic hydroxyl groups excluding tert-OH is 1. The molecule has 8 nitrogen and oxygen atoms in total. The zero-order chi connectivity index (χ0) is 23.6. The number of rotatable bonds is 3. The van der Waals surface area contributed by atoms with E-state index in [1.807, 2.05) is 6.92 Å². The lowest BCUT2D eigenvalue weighted by Crippen LogP contribution is -2.43. The first-order chi connectivity index (χ1) is 14.8. The van der Waals surface area contributed by atoms with Crippen molar-refractivity contribution >= 4 is 37.7 Å². The van der Waals surface area contributed by atoms with Crippen molar-refractivity contribution in [3.8, 4) is 0 Å². The molecule has 0 spiro atoms. The molecular formula is C23H27NO7S. The molecule has 1 aliphatic heterocycles. The fourth-order valence-electron chi connectivity index (χ4n) is 4.43. The van der Waals surface area contributed by atoms with Crippen LogP contribution in [-0.4, -0.2) is 43.1 Å². The highest BCUT2D eigenvalue weighted by Crippen LogP contribution is 2.38. The van der Waals surface area contributed by atoms with Crippen LogP contribution in [0.1, 0.15) is 43.0 Å². The summed E-state index contributed by atoms with van der Waals surface area (Å²) in [7, 11) is -3.40. The van der Waals surface area contributed by atoms with Gasteiger partial charge in [-0.25, -0.2) is 13.2 Å². The van der Waals surface area contributed by atoms with E-state index < -0.39 is 33.5 Å². The Morgan fingerprint density at radius 3 is 2.50 bits per heavy atom. The van der Waals surface area contributed by atoms with Gasteiger partial charge in [-0.15, -0.1) is 0 Å². The Hall–Kier alpha value is -2.65. The van der Waals surface area contributed by atoms with Gasteiger partial charge in [-0.05, 0) is 36.5 Å². The molecule has 0 bridgehead atoms. The third-order valence-corrected chi connectivity index (χ3v) is 7.81. The van der Waals surface area contributed by atoms with Crippen LogP contribution in [0, 0.1) is 13.8 Å². The molecule has 3 heterocycles. The lowest BCUT2D eigenvalue weighted by atomic mass is 9.85. The molecule has 2 aromatic heterocycles. The van der Waals surface area contributed by atoms with Crippen LogP contribution >= 0.6 is 0 Å². The summed E-state index contributed by atoms with van der Waals surface area (Å²) in [5.41, 5.74) is 2.90. The van der Waals surface area contributed by atoms with Crippen molar-refractivity contribution in [3.63, 3.8) is 0 Å². The van der Waals surface area contributed by atoms with E-state index in [-0.39, 0.29) is 28.9 Å². The number of furan rings is 1. The quantitative estimate of drug-likeness (QED) is 0.573. The van der Waals surface area contributed by atoms with E-state index in [0.717, 1.165) is 16.5 Å². The first kappa shape index (κ1) is 22.5. The minimum atomic E-state index is -3.40. The summed E-state index contributed by atoms with van der Waals surface area (Å²) in [6, 6.07) is 0.912. The van der Waals surface area contributed by atoms with Gasteiger partial charge in [0.05, 0.1) is 47.3 Å². The van der Waals surface area contributed by atoms with Gasteiger partial charge in [0.25, 0.3) is 0 Å². The monoisotopic (exact) mass is 461 g/mol. The van der Waals surface area contributed by atoms with Gasteiger partial charge < -0.3 is 19.3 Å². The average molecular weight is 462 g/mol. The second-order valence-electron chi connectivity index (χ2n) is 9.66. The van der Waals surface area contributed by atoms with Gasteiger partial charge in [0.1, 0.15) is 11.2 Å². The van der Waals surface area contributed by atoms with Gasteiger partial charge in [0.15, 0.2) is 9.84 Å². The van der Waals surface area contributed by atoms with Gasteiger partial charge in [0.2, 0.25) is 5.91 Å². The molecule has 2 N–H and O–H groups in total. The van der Waals surface area contributed by atoms with E-state index in [0.29, 0.717) is 22.1 Å². The summed E-state index contributed by atoms with van der Waals surface area (Å²) in [6.07, 6.45) is 0.255. The predicted molar refractivity (Wildman–Crippen MR) is 121 cm³/mol. The molecule has 0 radical (unpaired) electrons. The Morgan fingerprint density at radius 2 is 1.91 bits per heavy atom. The molecule has 1 amide bonds. The Kier molecular flexibility index (Phi) is 5.25. The van der Waals surface area contributed by atoms with Crippen LogP contribution in [0.4, 0.5) is 0 Å². The highest BCUT2D eigenvalue weighted by molar-refractivity contribution is 7.91. The molecule has 4 rings (SSSR count). The standard InChI is InChI=1S/C23H27NO7S/c1-11-6-17-20(21-19(11)14(8-30-21)23(3,4)5)12(2)13(22(27)31-17)7-18(26)24-15-9-32(28,29)10-16(15)25/h6,8,15-16,25H,7,9-10H2,1-5H3,(H,24,26)/t15-,16+/m0/s1. The van der Waals surface area contributed by atoms with Gasteiger partial charge in [0, 0.05) is 10.9 Å². The highest BCUT2D eigenvalue weighted by atomic mass is 32.2. The second kappa shape index (κ2) is 7.45. The molecule has 3 aromatic rings. The van der Waals surface area contributed by atoms with E-state index in [4.69, 9.17) is 8.83 Å². The number of carbonyl (C=O) groups is 1. The minimum Gasteiger partial charge on any atom is -0.463 e. The van der Waals surface area contributed by atoms with Gasteiger partial charge >= 0.3 is 5.63 Å². The molecule has 9 heteroatoms.